The van der Waals surface area contributed by atoms with E-state index in [0.29, 0.717) is 18.6 Å². The van der Waals surface area contributed by atoms with Gasteiger partial charge >= 0.3 is 0 Å². The van der Waals surface area contributed by atoms with Crippen LogP contribution in [0, 0.1) is 17.3 Å². The van der Waals surface area contributed by atoms with Crippen LogP contribution in [0.15, 0.2) is 0 Å². The van der Waals surface area contributed by atoms with Crippen LogP contribution in [0.5, 0.6) is 0 Å². The van der Waals surface area contributed by atoms with Gasteiger partial charge in [0.15, 0.2) is 6.29 Å². The Labute approximate surface area is 258 Å². The maximum absolute atomic E-state index is 11.3. The molecule has 0 saturated carbocycles. The third-order valence-corrected chi connectivity index (χ3v) is 10.5. The normalized spacial score (nSPS) is 41.8. The molecular weight excluding hydrogens is 530 g/mol. The van der Waals surface area contributed by atoms with Crippen molar-refractivity contribution in [1.29, 1.82) is 0 Å². The SMILES string of the molecule is CO[C@]1(C)C[C@@H](C)CN(C)[C@@H](CCCN2CCC[C@@H]2C)COCC(C)(C)C[C@@H](C)[C@H]1O[C@@H]1O[C@H](C)C[C@H](N(C)C)[C@H]1O. The highest BCUT2D eigenvalue weighted by Gasteiger charge is 2.47. The molecule has 0 aromatic carbocycles. The highest BCUT2D eigenvalue weighted by atomic mass is 16.7. The van der Waals surface area contributed by atoms with Crippen molar-refractivity contribution in [1.82, 2.24) is 14.7 Å². The Kier molecular flexibility index (Phi) is 13.6. The van der Waals surface area contributed by atoms with Crippen LogP contribution in [-0.4, -0.2) is 129 Å². The molecule has 248 valence electrons. The number of aliphatic hydroxyl groups is 1. The van der Waals surface area contributed by atoms with Gasteiger partial charge in [0.1, 0.15) is 6.10 Å². The van der Waals surface area contributed by atoms with Crippen molar-refractivity contribution in [2.45, 2.75) is 142 Å². The van der Waals surface area contributed by atoms with Gasteiger partial charge in [-0.3, -0.25) is 0 Å². The molecule has 8 nitrogen and oxygen atoms in total. The van der Waals surface area contributed by atoms with Gasteiger partial charge < -0.3 is 38.8 Å². The summed E-state index contributed by atoms with van der Waals surface area (Å²) < 4.78 is 26.0. The van der Waals surface area contributed by atoms with Gasteiger partial charge in [-0.1, -0.05) is 27.7 Å². The number of hydrogen-bond donors (Lipinski definition) is 1. The second kappa shape index (κ2) is 15.8. The highest BCUT2D eigenvalue weighted by molar-refractivity contribution is 4.95. The van der Waals surface area contributed by atoms with E-state index in [1.807, 2.05) is 21.2 Å². The molecule has 42 heavy (non-hydrogen) atoms. The van der Waals surface area contributed by atoms with Crippen LogP contribution in [0.4, 0.5) is 0 Å². The van der Waals surface area contributed by atoms with Crippen LogP contribution in [-0.2, 0) is 18.9 Å². The standard InChI is InChI=1S/C34H67N3O5/c1-24-19-34(7,39-11)31(42-32-30(38)29(35(8)9)18-27(4)41-32)25(2)20-33(5,6)23-40-22-28(36(10)21-24)15-13-17-37-16-12-14-26(37)3/h24-32,38H,12-23H2,1-11H3/t24-,25-,26+,27-,28+,29+,30-,31-,32+,34-/m1/s1. The van der Waals surface area contributed by atoms with E-state index < -0.39 is 18.0 Å². The number of hydrogen-bond acceptors (Lipinski definition) is 8. The van der Waals surface area contributed by atoms with Crippen molar-refractivity contribution < 1.29 is 24.1 Å². The van der Waals surface area contributed by atoms with Crippen LogP contribution in [0.25, 0.3) is 0 Å². The van der Waals surface area contributed by atoms with E-state index in [-0.39, 0.29) is 29.6 Å². The van der Waals surface area contributed by atoms with Crippen molar-refractivity contribution in [3.8, 4) is 0 Å². The molecule has 0 unspecified atom stereocenters. The fourth-order valence-corrected chi connectivity index (χ4v) is 8.19. The zero-order valence-corrected chi connectivity index (χ0v) is 29.1. The van der Waals surface area contributed by atoms with Gasteiger partial charge in [0, 0.05) is 31.8 Å². The van der Waals surface area contributed by atoms with Crippen LogP contribution >= 0.6 is 0 Å². The van der Waals surface area contributed by atoms with E-state index in [4.69, 9.17) is 18.9 Å². The van der Waals surface area contributed by atoms with Gasteiger partial charge in [0.05, 0.1) is 31.0 Å². The van der Waals surface area contributed by atoms with Gasteiger partial charge in [-0.15, -0.1) is 0 Å². The third-order valence-electron chi connectivity index (χ3n) is 10.5. The number of nitrogens with zero attached hydrogens (tertiary/aromatic N) is 3. The minimum absolute atomic E-state index is 0.00712. The van der Waals surface area contributed by atoms with E-state index in [1.165, 1.54) is 32.4 Å². The van der Waals surface area contributed by atoms with Crippen molar-refractivity contribution in [2.75, 3.05) is 61.1 Å². The summed E-state index contributed by atoms with van der Waals surface area (Å²) in [5, 5.41) is 11.3. The Hall–Kier alpha value is -0.320. The molecule has 0 aromatic rings. The van der Waals surface area contributed by atoms with Crippen molar-refractivity contribution in [2.24, 2.45) is 17.3 Å². The summed E-state index contributed by atoms with van der Waals surface area (Å²) in [5.41, 5.74) is -0.571. The van der Waals surface area contributed by atoms with Crippen LogP contribution in [0.1, 0.15) is 93.4 Å². The molecule has 8 heteroatoms. The quantitative estimate of drug-likeness (QED) is 0.425. The lowest BCUT2D eigenvalue weighted by molar-refractivity contribution is -0.298. The van der Waals surface area contributed by atoms with E-state index in [9.17, 15) is 5.11 Å². The lowest BCUT2D eigenvalue weighted by atomic mass is 9.75. The monoisotopic (exact) mass is 598 g/mol. The number of methoxy groups -OCH3 is 1. The molecular formula is C34H67N3O5. The molecule has 0 aliphatic carbocycles. The molecule has 0 bridgehead atoms. The summed E-state index contributed by atoms with van der Waals surface area (Å²) in [6, 6.07) is 1.11. The zero-order valence-electron chi connectivity index (χ0n) is 29.1. The van der Waals surface area contributed by atoms with Gasteiger partial charge in [-0.05, 0) is 117 Å². The molecule has 0 aromatic heterocycles. The first-order valence-corrected chi connectivity index (χ1v) is 16.9. The number of likely N-dealkylation sites (N-methyl/N-ethyl adjacent to an activating group) is 2. The fourth-order valence-electron chi connectivity index (χ4n) is 8.19. The Balaban J connectivity index is 1.79. The van der Waals surface area contributed by atoms with Crippen molar-refractivity contribution in [3.63, 3.8) is 0 Å². The van der Waals surface area contributed by atoms with Gasteiger partial charge in [-0.25, -0.2) is 0 Å². The van der Waals surface area contributed by atoms with E-state index >= 15 is 0 Å². The minimum atomic E-state index is -0.724. The first-order chi connectivity index (χ1) is 19.7. The first kappa shape index (κ1) is 36.2. The smallest absolute Gasteiger partial charge is 0.185 e. The van der Waals surface area contributed by atoms with E-state index in [0.717, 1.165) is 44.9 Å². The Morgan fingerprint density at radius 1 is 1.07 bits per heavy atom. The second-order valence-electron chi connectivity index (χ2n) is 15.6. The average molecular weight is 598 g/mol. The largest absolute Gasteiger partial charge is 0.386 e. The summed E-state index contributed by atoms with van der Waals surface area (Å²) in [5.74, 6) is 0.557. The number of likely N-dealkylation sites (tertiary alicyclic amines) is 1. The maximum atomic E-state index is 11.3. The highest BCUT2D eigenvalue weighted by Crippen LogP contribution is 2.39. The summed E-state index contributed by atoms with van der Waals surface area (Å²) in [6.45, 7) is 20.7. The third kappa shape index (κ3) is 9.84. The average Bonchev–Trinajstić information content (AvgIpc) is 3.30. The fraction of sp³-hybridized carbons (Fsp3) is 1.00. The molecule has 3 heterocycles. The summed E-state index contributed by atoms with van der Waals surface area (Å²) >= 11 is 0. The molecule has 3 aliphatic rings. The van der Waals surface area contributed by atoms with Crippen LogP contribution in [0.3, 0.4) is 0 Å². The van der Waals surface area contributed by atoms with Gasteiger partial charge in [0.25, 0.3) is 0 Å². The summed E-state index contributed by atoms with van der Waals surface area (Å²) in [4.78, 5) is 7.27. The predicted molar refractivity (Wildman–Crippen MR) is 171 cm³/mol. The molecule has 0 amide bonds. The van der Waals surface area contributed by atoms with Crippen molar-refractivity contribution in [3.05, 3.63) is 0 Å². The summed E-state index contributed by atoms with van der Waals surface area (Å²) in [7, 11) is 8.12. The molecule has 3 aliphatic heterocycles. The molecule has 0 radical (unpaired) electrons. The lowest BCUT2D eigenvalue weighted by Gasteiger charge is -2.47. The van der Waals surface area contributed by atoms with Gasteiger partial charge in [-0.2, -0.15) is 0 Å². The topological polar surface area (TPSA) is 66.9 Å². The Bertz CT molecular complexity index is 799. The zero-order chi connectivity index (χ0) is 31.2. The molecule has 10 atom stereocenters. The molecule has 3 fully saturated rings. The van der Waals surface area contributed by atoms with Crippen LogP contribution in [0.2, 0.25) is 0 Å². The summed E-state index contributed by atoms with van der Waals surface area (Å²) in [6.07, 6.45) is 5.93. The van der Waals surface area contributed by atoms with Gasteiger partial charge in [0.2, 0.25) is 0 Å². The second-order valence-corrected chi connectivity index (χ2v) is 15.6. The number of ether oxygens (including phenoxy) is 4. The van der Waals surface area contributed by atoms with E-state index in [1.54, 1.807) is 0 Å². The number of rotatable bonds is 8. The van der Waals surface area contributed by atoms with Crippen LogP contribution < -0.4 is 0 Å². The Morgan fingerprint density at radius 2 is 1.79 bits per heavy atom. The lowest BCUT2D eigenvalue weighted by Crippen LogP contribution is -2.58. The molecule has 1 N–H and O–H groups in total. The molecule has 0 spiro atoms. The number of aliphatic hydroxyl groups excluding tert-OH is 1. The Morgan fingerprint density at radius 3 is 2.40 bits per heavy atom. The van der Waals surface area contributed by atoms with E-state index in [2.05, 4.69) is 70.2 Å². The first-order valence-electron chi connectivity index (χ1n) is 16.9. The molecule has 3 rings (SSSR count). The van der Waals surface area contributed by atoms with Crippen molar-refractivity contribution >= 4 is 0 Å². The molecule has 3 saturated heterocycles. The minimum Gasteiger partial charge on any atom is -0.386 e. The predicted octanol–water partition coefficient (Wildman–Crippen LogP) is 4.88. The maximum Gasteiger partial charge on any atom is 0.185 e.